The van der Waals surface area contributed by atoms with Crippen molar-refractivity contribution in [1.82, 2.24) is 9.97 Å². The lowest BCUT2D eigenvalue weighted by Crippen LogP contribution is -2.52. The van der Waals surface area contributed by atoms with Gasteiger partial charge in [-0.3, -0.25) is 4.79 Å². The third-order valence-corrected chi connectivity index (χ3v) is 5.92. The Hall–Kier alpha value is -2.19. The summed E-state index contributed by atoms with van der Waals surface area (Å²) in [5.74, 6) is 0.784. The Morgan fingerprint density at radius 3 is 2.92 bits per heavy atom. The largest absolute Gasteiger partial charge is 0.494 e. The molecule has 2 aromatic heterocycles. The van der Waals surface area contributed by atoms with Crippen LogP contribution in [0.3, 0.4) is 0 Å². The zero-order valence-corrected chi connectivity index (χ0v) is 14.9. The van der Waals surface area contributed by atoms with Crippen LogP contribution in [0.4, 0.5) is 10.3 Å². The summed E-state index contributed by atoms with van der Waals surface area (Å²) in [7, 11) is 1.65. The van der Waals surface area contributed by atoms with E-state index in [1.807, 2.05) is 30.5 Å². The van der Waals surface area contributed by atoms with E-state index in [-0.39, 0.29) is 11.8 Å². The summed E-state index contributed by atoms with van der Waals surface area (Å²) in [6.07, 6.45) is 0. The average molecular weight is 360 g/mol. The molecule has 1 amide bonds. The van der Waals surface area contributed by atoms with Gasteiger partial charge in [-0.2, -0.15) is 0 Å². The number of aromatic nitrogens is 2. The maximum absolute atomic E-state index is 12.2. The van der Waals surface area contributed by atoms with Gasteiger partial charge in [0.2, 0.25) is 5.91 Å². The van der Waals surface area contributed by atoms with Crippen LogP contribution in [0.15, 0.2) is 23.6 Å². The van der Waals surface area contributed by atoms with Gasteiger partial charge in [0.1, 0.15) is 11.3 Å². The van der Waals surface area contributed by atoms with E-state index >= 15 is 0 Å². The fourth-order valence-electron chi connectivity index (χ4n) is 2.63. The van der Waals surface area contributed by atoms with Gasteiger partial charge in [0.25, 0.3) is 0 Å². The van der Waals surface area contributed by atoms with E-state index in [0.29, 0.717) is 18.2 Å². The van der Waals surface area contributed by atoms with E-state index in [2.05, 4.69) is 20.2 Å². The molecule has 1 aliphatic rings. The molecule has 24 heavy (non-hydrogen) atoms. The minimum atomic E-state index is -0.0249. The van der Waals surface area contributed by atoms with Crippen LogP contribution in [0.1, 0.15) is 5.69 Å². The first-order chi connectivity index (χ1) is 11.6. The first kappa shape index (κ1) is 15.3. The van der Waals surface area contributed by atoms with Gasteiger partial charge < -0.3 is 15.0 Å². The number of carbonyl (C=O) groups is 1. The van der Waals surface area contributed by atoms with Crippen molar-refractivity contribution < 1.29 is 9.53 Å². The van der Waals surface area contributed by atoms with Gasteiger partial charge in [-0.1, -0.05) is 17.4 Å². The normalized spacial score (nSPS) is 14.7. The number of thiazole rings is 2. The Morgan fingerprint density at radius 2 is 2.21 bits per heavy atom. The highest BCUT2D eigenvalue weighted by Gasteiger charge is 2.34. The van der Waals surface area contributed by atoms with E-state index in [0.717, 1.165) is 26.8 Å². The fourth-order valence-corrected chi connectivity index (χ4v) is 4.32. The van der Waals surface area contributed by atoms with E-state index in [1.54, 1.807) is 18.4 Å². The molecule has 6 nitrogen and oxygen atoms in total. The van der Waals surface area contributed by atoms with E-state index in [4.69, 9.17) is 4.74 Å². The molecule has 124 valence electrons. The molecule has 4 rings (SSSR count). The number of para-hydroxylation sites is 1. The van der Waals surface area contributed by atoms with Crippen molar-refractivity contribution in [2.75, 3.05) is 30.4 Å². The predicted octanol–water partition coefficient (Wildman–Crippen LogP) is 3.14. The number of methoxy groups -OCH3 is 1. The molecule has 8 heteroatoms. The molecule has 0 spiro atoms. The average Bonchev–Trinajstić information content (AvgIpc) is 3.11. The topological polar surface area (TPSA) is 67.3 Å². The highest BCUT2D eigenvalue weighted by molar-refractivity contribution is 7.22. The van der Waals surface area contributed by atoms with Crippen molar-refractivity contribution in [1.29, 1.82) is 0 Å². The fraction of sp³-hybridized carbons (Fsp3) is 0.312. The Labute approximate surface area is 147 Å². The summed E-state index contributed by atoms with van der Waals surface area (Å²) in [6, 6.07) is 5.91. The summed E-state index contributed by atoms with van der Waals surface area (Å²) >= 11 is 3.08. The van der Waals surface area contributed by atoms with Crippen molar-refractivity contribution in [3.8, 4) is 5.75 Å². The lowest BCUT2D eigenvalue weighted by Gasteiger charge is -2.37. The SMILES string of the molecule is COc1cccc2sc(N3CC(C(=O)Nc4nc(C)cs4)C3)nc12. The molecular weight excluding hydrogens is 344 g/mol. The highest BCUT2D eigenvalue weighted by Crippen LogP contribution is 2.36. The Balaban J connectivity index is 1.43. The van der Waals surface area contributed by atoms with Gasteiger partial charge in [0.15, 0.2) is 10.3 Å². The third-order valence-electron chi connectivity index (χ3n) is 3.96. The first-order valence-corrected chi connectivity index (χ1v) is 9.25. The molecule has 1 fully saturated rings. The molecule has 0 bridgehead atoms. The zero-order chi connectivity index (χ0) is 16.7. The van der Waals surface area contributed by atoms with Gasteiger partial charge in [0.05, 0.1) is 23.4 Å². The van der Waals surface area contributed by atoms with Gasteiger partial charge in [-0.15, -0.1) is 11.3 Å². The van der Waals surface area contributed by atoms with Crippen LogP contribution in [-0.2, 0) is 4.79 Å². The van der Waals surface area contributed by atoms with Crippen LogP contribution in [0.25, 0.3) is 10.2 Å². The molecule has 0 radical (unpaired) electrons. The number of fused-ring (bicyclic) bond motifs is 1. The predicted molar refractivity (Wildman–Crippen MR) is 97.4 cm³/mol. The minimum Gasteiger partial charge on any atom is -0.494 e. The smallest absolute Gasteiger partial charge is 0.232 e. The second-order valence-electron chi connectivity index (χ2n) is 5.69. The Bertz CT molecular complexity index is 899. The van der Waals surface area contributed by atoms with Crippen LogP contribution >= 0.6 is 22.7 Å². The lowest BCUT2D eigenvalue weighted by molar-refractivity contribution is -0.120. The van der Waals surface area contributed by atoms with Crippen LogP contribution in [0, 0.1) is 12.8 Å². The van der Waals surface area contributed by atoms with Crippen LogP contribution < -0.4 is 15.0 Å². The van der Waals surface area contributed by atoms with Crippen molar-refractivity contribution in [3.63, 3.8) is 0 Å². The number of ether oxygens (including phenoxy) is 1. The van der Waals surface area contributed by atoms with Crippen molar-refractivity contribution in [3.05, 3.63) is 29.3 Å². The molecule has 3 aromatic rings. The standard InChI is InChI=1S/C16H16N4O2S2/c1-9-8-23-15(17-9)19-14(21)10-6-20(7-10)16-18-13-11(22-2)4-3-5-12(13)24-16/h3-5,8,10H,6-7H2,1-2H3,(H,17,19,21). The number of amides is 1. The summed E-state index contributed by atoms with van der Waals surface area (Å²) in [5.41, 5.74) is 1.81. The third kappa shape index (κ3) is 2.71. The van der Waals surface area contributed by atoms with Crippen LogP contribution in [-0.4, -0.2) is 36.1 Å². The zero-order valence-electron chi connectivity index (χ0n) is 13.3. The number of hydrogen-bond acceptors (Lipinski definition) is 7. The lowest BCUT2D eigenvalue weighted by atomic mass is 10.0. The molecule has 3 heterocycles. The molecule has 0 atom stereocenters. The number of nitrogens with one attached hydrogen (secondary N) is 1. The van der Waals surface area contributed by atoms with Gasteiger partial charge in [-0.05, 0) is 19.1 Å². The summed E-state index contributed by atoms with van der Waals surface area (Å²) < 4.78 is 6.45. The maximum Gasteiger partial charge on any atom is 0.232 e. The molecule has 1 N–H and O–H groups in total. The van der Waals surface area contributed by atoms with Crippen LogP contribution in [0.2, 0.25) is 0 Å². The molecule has 1 aromatic carbocycles. The number of rotatable bonds is 4. The monoisotopic (exact) mass is 360 g/mol. The van der Waals surface area contributed by atoms with Gasteiger partial charge in [0, 0.05) is 18.5 Å². The summed E-state index contributed by atoms with van der Waals surface area (Å²) in [4.78, 5) is 23.3. The van der Waals surface area contributed by atoms with Gasteiger partial charge in [-0.25, -0.2) is 9.97 Å². The number of hydrogen-bond donors (Lipinski definition) is 1. The number of anilines is 2. The van der Waals surface area contributed by atoms with Gasteiger partial charge >= 0.3 is 0 Å². The van der Waals surface area contributed by atoms with E-state index in [1.165, 1.54) is 11.3 Å². The summed E-state index contributed by atoms with van der Waals surface area (Å²) in [6.45, 7) is 3.27. The second kappa shape index (κ2) is 6.03. The molecular formula is C16H16N4O2S2. The summed E-state index contributed by atoms with van der Waals surface area (Å²) in [5, 5.41) is 6.42. The molecule has 0 saturated carbocycles. The molecule has 0 aliphatic carbocycles. The van der Waals surface area contributed by atoms with Crippen molar-refractivity contribution in [2.45, 2.75) is 6.92 Å². The maximum atomic E-state index is 12.2. The van der Waals surface area contributed by atoms with Crippen molar-refractivity contribution in [2.24, 2.45) is 5.92 Å². The number of benzene rings is 1. The number of nitrogens with zero attached hydrogens (tertiary/aromatic N) is 3. The number of aryl methyl sites for hydroxylation is 1. The quantitative estimate of drug-likeness (QED) is 0.774. The van der Waals surface area contributed by atoms with E-state index < -0.39 is 0 Å². The number of carbonyl (C=O) groups excluding carboxylic acids is 1. The minimum absolute atomic E-state index is 0.0249. The first-order valence-electron chi connectivity index (χ1n) is 7.55. The Morgan fingerprint density at radius 1 is 1.38 bits per heavy atom. The Kier molecular flexibility index (Phi) is 3.85. The molecule has 1 aliphatic heterocycles. The van der Waals surface area contributed by atoms with Crippen LogP contribution in [0.5, 0.6) is 5.75 Å². The molecule has 0 unspecified atom stereocenters. The second-order valence-corrected chi connectivity index (χ2v) is 7.56. The van der Waals surface area contributed by atoms with Crippen molar-refractivity contribution >= 4 is 49.1 Å². The highest BCUT2D eigenvalue weighted by atomic mass is 32.1. The van der Waals surface area contributed by atoms with E-state index in [9.17, 15) is 4.79 Å². The molecule has 1 saturated heterocycles.